The maximum Gasteiger partial charge on any atom is 0.241 e. The summed E-state index contributed by atoms with van der Waals surface area (Å²) in [7, 11) is 0. The number of nitrogens with one attached hydrogen (secondary N) is 1. The lowest BCUT2D eigenvalue weighted by atomic mass is 9.93. The van der Waals surface area contributed by atoms with E-state index in [0.29, 0.717) is 17.3 Å². The first-order chi connectivity index (χ1) is 10.7. The molecule has 118 valence electrons. The maximum absolute atomic E-state index is 12.6. The quantitative estimate of drug-likeness (QED) is 0.904. The summed E-state index contributed by atoms with van der Waals surface area (Å²) in [5, 5.41) is 12.0. The first-order valence-corrected chi connectivity index (χ1v) is 8.23. The number of benzene rings is 1. The molecule has 0 aromatic heterocycles. The smallest absolute Gasteiger partial charge is 0.241 e. The molecule has 0 spiro atoms. The maximum atomic E-state index is 12.6. The molecular weight excluding hydrogens is 274 g/mol. The average Bonchev–Trinajstić information content (AvgIpc) is 2.57. The summed E-state index contributed by atoms with van der Waals surface area (Å²) < 4.78 is 0. The largest absolute Gasteiger partial charge is 0.324 e. The Morgan fingerprint density at radius 1 is 1.36 bits per heavy atom. The zero-order valence-corrected chi connectivity index (χ0v) is 13.5. The van der Waals surface area contributed by atoms with Crippen molar-refractivity contribution in [1.29, 1.82) is 5.26 Å². The molecule has 1 atom stereocenters. The van der Waals surface area contributed by atoms with Crippen molar-refractivity contribution in [1.82, 2.24) is 4.90 Å². The number of anilines is 1. The van der Waals surface area contributed by atoms with Gasteiger partial charge < -0.3 is 5.32 Å². The highest BCUT2D eigenvalue weighted by Gasteiger charge is 2.28. The molecule has 1 fully saturated rings. The third kappa shape index (κ3) is 3.86. The highest BCUT2D eigenvalue weighted by Crippen LogP contribution is 2.24. The molecule has 4 nitrogen and oxygen atoms in total. The van der Waals surface area contributed by atoms with Crippen LogP contribution in [-0.2, 0) is 4.79 Å². The molecule has 1 amide bonds. The topological polar surface area (TPSA) is 56.1 Å². The molecule has 0 heterocycles. The highest BCUT2D eigenvalue weighted by atomic mass is 16.2. The Morgan fingerprint density at radius 2 is 2.05 bits per heavy atom. The van der Waals surface area contributed by atoms with Crippen LogP contribution in [0.4, 0.5) is 5.69 Å². The van der Waals surface area contributed by atoms with E-state index in [1.54, 1.807) is 18.2 Å². The van der Waals surface area contributed by atoms with Crippen LogP contribution in [0.1, 0.15) is 51.5 Å². The van der Waals surface area contributed by atoms with Crippen LogP contribution < -0.4 is 5.32 Å². The van der Waals surface area contributed by atoms with Crippen molar-refractivity contribution in [2.24, 2.45) is 0 Å². The molecular formula is C18H25N3O. The first kappa shape index (κ1) is 16.5. The summed E-state index contributed by atoms with van der Waals surface area (Å²) in [6.07, 6.45) is 6.18. The number of para-hydroxylation sites is 1. The van der Waals surface area contributed by atoms with Gasteiger partial charge in [0.1, 0.15) is 6.07 Å². The number of hydrogen-bond donors (Lipinski definition) is 1. The zero-order valence-electron chi connectivity index (χ0n) is 13.5. The van der Waals surface area contributed by atoms with Crippen molar-refractivity contribution in [3.63, 3.8) is 0 Å². The minimum absolute atomic E-state index is 0.0323. The minimum Gasteiger partial charge on any atom is -0.324 e. The van der Waals surface area contributed by atoms with Gasteiger partial charge in [0.2, 0.25) is 5.91 Å². The lowest BCUT2D eigenvalue weighted by Crippen LogP contribution is -2.48. The number of amides is 1. The van der Waals surface area contributed by atoms with Crippen molar-refractivity contribution in [3.05, 3.63) is 29.8 Å². The molecule has 1 aliphatic rings. The average molecular weight is 299 g/mol. The second-order valence-corrected chi connectivity index (χ2v) is 5.94. The van der Waals surface area contributed by atoms with Crippen LogP contribution in [-0.4, -0.2) is 29.4 Å². The minimum atomic E-state index is -0.181. The van der Waals surface area contributed by atoms with Crippen molar-refractivity contribution in [2.75, 3.05) is 11.9 Å². The van der Waals surface area contributed by atoms with Gasteiger partial charge in [-0.25, -0.2) is 0 Å². The molecule has 2 rings (SSSR count). The van der Waals surface area contributed by atoms with Crippen molar-refractivity contribution < 1.29 is 4.79 Å². The molecule has 0 saturated heterocycles. The van der Waals surface area contributed by atoms with E-state index in [-0.39, 0.29) is 11.9 Å². The van der Waals surface area contributed by atoms with E-state index in [2.05, 4.69) is 23.2 Å². The molecule has 22 heavy (non-hydrogen) atoms. The Hall–Kier alpha value is -1.86. The monoisotopic (exact) mass is 299 g/mol. The van der Waals surface area contributed by atoms with E-state index in [0.717, 1.165) is 6.54 Å². The van der Waals surface area contributed by atoms with Gasteiger partial charge in [-0.3, -0.25) is 9.69 Å². The van der Waals surface area contributed by atoms with Gasteiger partial charge >= 0.3 is 0 Å². The predicted molar refractivity (Wildman–Crippen MR) is 88.5 cm³/mol. The Bertz CT molecular complexity index is 544. The number of likely N-dealkylation sites (N-methyl/N-ethyl adjacent to an activating group) is 1. The first-order valence-electron chi connectivity index (χ1n) is 8.23. The van der Waals surface area contributed by atoms with Gasteiger partial charge in [0.15, 0.2) is 0 Å². The van der Waals surface area contributed by atoms with Crippen molar-refractivity contribution in [2.45, 2.75) is 58.0 Å². The second kappa shape index (κ2) is 7.95. The Balaban J connectivity index is 2.05. The third-order valence-electron chi connectivity index (χ3n) is 4.59. The van der Waals surface area contributed by atoms with E-state index >= 15 is 0 Å². The van der Waals surface area contributed by atoms with Gasteiger partial charge in [-0.1, -0.05) is 38.3 Å². The fourth-order valence-corrected chi connectivity index (χ4v) is 3.34. The van der Waals surface area contributed by atoms with Crippen LogP contribution in [0.25, 0.3) is 0 Å². The summed E-state index contributed by atoms with van der Waals surface area (Å²) in [6, 6.07) is 9.58. The van der Waals surface area contributed by atoms with E-state index in [1.807, 2.05) is 13.0 Å². The van der Waals surface area contributed by atoms with Crippen molar-refractivity contribution >= 4 is 11.6 Å². The van der Waals surface area contributed by atoms with Gasteiger partial charge in [0.25, 0.3) is 0 Å². The van der Waals surface area contributed by atoms with Crippen LogP contribution in [0, 0.1) is 11.3 Å². The van der Waals surface area contributed by atoms with Crippen molar-refractivity contribution in [3.8, 4) is 6.07 Å². The van der Waals surface area contributed by atoms with Gasteiger partial charge in [0, 0.05) is 6.04 Å². The SMILES string of the molecule is CCN(C1CCCCC1)C(C)C(=O)Nc1ccccc1C#N. The fraction of sp³-hybridized carbons (Fsp3) is 0.556. The van der Waals surface area contributed by atoms with Crippen LogP contribution in [0.5, 0.6) is 0 Å². The number of carbonyl (C=O) groups is 1. The molecule has 0 aliphatic heterocycles. The van der Waals surface area contributed by atoms with Gasteiger partial charge in [0.05, 0.1) is 17.3 Å². The van der Waals surface area contributed by atoms with Crippen LogP contribution in [0.2, 0.25) is 0 Å². The summed E-state index contributed by atoms with van der Waals surface area (Å²) in [5.74, 6) is -0.0323. The van der Waals surface area contributed by atoms with Gasteiger partial charge in [-0.15, -0.1) is 0 Å². The number of nitrogens with zero attached hydrogens (tertiary/aromatic N) is 2. The lowest BCUT2D eigenvalue weighted by molar-refractivity contribution is -0.121. The molecule has 0 bridgehead atoms. The number of carbonyl (C=O) groups excluding carboxylic acids is 1. The second-order valence-electron chi connectivity index (χ2n) is 5.94. The van der Waals surface area contributed by atoms with Gasteiger partial charge in [-0.2, -0.15) is 5.26 Å². The van der Waals surface area contributed by atoms with Crippen LogP contribution >= 0.6 is 0 Å². The highest BCUT2D eigenvalue weighted by molar-refractivity contribution is 5.95. The molecule has 0 radical (unpaired) electrons. The van der Waals surface area contributed by atoms with E-state index in [9.17, 15) is 4.79 Å². The molecule has 1 unspecified atom stereocenters. The summed E-state index contributed by atoms with van der Waals surface area (Å²) in [4.78, 5) is 14.9. The van der Waals surface area contributed by atoms with Crippen LogP contribution in [0.3, 0.4) is 0 Å². The summed E-state index contributed by atoms with van der Waals surface area (Å²) in [5.41, 5.74) is 1.10. The normalized spacial score (nSPS) is 17.0. The molecule has 1 N–H and O–H groups in total. The summed E-state index contributed by atoms with van der Waals surface area (Å²) >= 11 is 0. The summed E-state index contributed by atoms with van der Waals surface area (Å²) in [6.45, 7) is 4.95. The third-order valence-corrected chi connectivity index (χ3v) is 4.59. The van der Waals surface area contributed by atoms with Crippen LogP contribution in [0.15, 0.2) is 24.3 Å². The number of nitriles is 1. The Labute approximate surface area is 133 Å². The number of rotatable bonds is 5. The van der Waals surface area contributed by atoms with E-state index < -0.39 is 0 Å². The fourth-order valence-electron chi connectivity index (χ4n) is 3.34. The van der Waals surface area contributed by atoms with Gasteiger partial charge in [-0.05, 0) is 38.4 Å². The lowest BCUT2D eigenvalue weighted by Gasteiger charge is -2.37. The molecule has 1 aliphatic carbocycles. The number of hydrogen-bond acceptors (Lipinski definition) is 3. The molecule has 4 heteroatoms. The van der Waals surface area contributed by atoms with E-state index in [1.165, 1.54) is 32.1 Å². The molecule has 1 saturated carbocycles. The Morgan fingerprint density at radius 3 is 2.68 bits per heavy atom. The van der Waals surface area contributed by atoms with E-state index in [4.69, 9.17) is 5.26 Å². The molecule has 1 aromatic rings. The zero-order chi connectivity index (χ0) is 15.9. The predicted octanol–water partition coefficient (Wildman–Crippen LogP) is 3.54. The Kier molecular flexibility index (Phi) is 5.97. The molecule has 1 aromatic carbocycles. The standard InChI is InChI=1S/C18H25N3O/c1-3-21(16-10-5-4-6-11-16)14(2)18(22)20-17-12-8-7-9-15(17)13-19/h7-9,12,14,16H,3-6,10-11H2,1-2H3,(H,20,22).